The van der Waals surface area contributed by atoms with E-state index < -0.39 is 108 Å². The maximum Gasteiger partial charge on any atom is 0.303 e. The molecule has 0 aliphatic carbocycles. The molecule has 2 aliphatic heterocycles. The number of carbonyl (C=O) groups is 3. The molecule has 3 heterocycles. The second-order valence-electron chi connectivity index (χ2n) is 11.4. The van der Waals surface area contributed by atoms with Crippen LogP contribution in [0.4, 0.5) is 0 Å². The molecular formula is C32H34O18. The van der Waals surface area contributed by atoms with E-state index in [4.69, 9.17) is 37.6 Å². The van der Waals surface area contributed by atoms with Gasteiger partial charge in [0, 0.05) is 38.5 Å². The number of hydrogen-bond acceptors (Lipinski definition) is 18. The van der Waals surface area contributed by atoms with Crippen molar-refractivity contribution in [3.63, 3.8) is 0 Å². The molecule has 270 valence electrons. The molecule has 0 unspecified atom stereocenters. The van der Waals surface area contributed by atoms with Gasteiger partial charge in [-0.15, -0.1) is 0 Å². The lowest BCUT2D eigenvalue weighted by atomic mass is 9.99. The Morgan fingerprint density at radius 2 is 1.44 bits per heavy atom. The molecular weight excluding hydrogens is 672 g/mol. The first-order valence-corrected chi connectivity index (χ1v) is 15.1. The zero-order valence-electron chi connectivity index (χ0n) is 26.7. The van der Waals surface area contributed by atoms with Gasteiger partial charge in [-0.3, -0.25) is 19.2 Å². The van der Waals surface area contributed by atoms with Crippen molar-refractivity contribution in [2.75, 3.05) is 13.2 Å². The maximum absolute atomic E-state index is 13.7. The predicted octanol–water partition coefficient (Wildman–Crippen LogP) is -0.0688. The molecule has 2 aliphatic rings. The number of benzene rings is 2. The summed E-state index contributed by atoms with van der Waals surface area (Å²) in [5.74, 6) is -4.50. The summed E-state index contributed by atoms with van der Waals surface area (Å²) in [6.07, 6.45) is -14.7. The Hall–Kier alpha value is -4.98. The number of ether oxygens (including phenoxy) is 7. The SMILES string of the molecule is CC(=O)O[C@H]1[C@H](OC[C@@H]2O[C@@H](Oc3c(-c4ccc(O)cc4)oc4cc(O)cc(O)c4c3=O)[C@H](O)[C@H](O)[C@@H]2O)OC[C@H](OC(C)=O)[C@H]1OC(C)=O. The molecule has 6 N–H and O–H groups in total. The molecule has 1 aromatic heterocycles. The lowest BCUT2D eigenvalue weighted by Gasteiger charge is -2.42. The largest absolute Gasteiger partial charge is 0.508 e. The van der Waals surface area contributed by atoms with Crippen LogP contribution in [-0.4, -0.2) is 117 Å². The minimum atomic E-state index is -1.98. The van der Waals surface area contributed by atoms with Crippen LogP contribution in [-0.2, 0) is 42.8 Å². The number of aliphatic hydroxyl groups is 3. The van der Waals surface area contributed by atoms with Gasteiger partial charge in [-0.05, 0) is 24.3 Å². The van der Waals surface area contributed by atoms with Crippen LogP contribution in [0.3, 0.4) is 0 Å². The van der Waals surface area contributed by atoms with E-state index in [1.807, 2.05) is 0 Å². The van der Waals surface area contributed by atoms with Gasteiger partial charge in [0.05, 0.1) is 13.2 Å². The summed E-state index contributed by atoms with van der Waals surface area (Å²) in [7, 11) is 0. The van der Waals surface area contributed by atoms with E-state index in [0.29, 0.717) is 0 Å². The summed E-state index contributed by atoms with van der Waals surface area (Å²) in [6, 6.07) is 7.24. The Labute approximate surface area is 281 Å². The van der Waals surface area contributed by atoms with Crippen LogP contribution in [0.25, 0.3) is 22.3 Å². The molecule has 2 saturated heterocycles. The van der Waals surface area contributed by atoms with Crippen molar-refractivity contribution >= 4 is 28.9 Å². The maximum atomic E-state index is 13.7. The standard InChI is InChI=1S/C32H34O18/c1-12(33)45-21-11-44-32(30(47-14(3)35)28(21)46-13(2)34)43-10-20-23(39)25(41)26(42)31(49-20)50-29-24(40)22-18(38)8-17(37)9-19(22)48-27(29)15-4-6-16(36)7-5-15/h4-9,20-21,23,25-26,28,30-32,36-39,41-42H,10-11H2,1-3H3/t20-,21-,23+,25+,26+,28+,30+,31-,32+/m0/s1. The van der Waals surface area contributed by atoms with Crippen molar-refractivity contribution in [1.82, 2.24) is 0 Å². The summed E-state index contributed by atoms with van der Waals surface area (Å²) >= 11 is 0. The Bertz CT molecular complexity index is 1790. The zero-order chi connectivity index (χ0) is 36.4. The minimum Gasteiger partial charge on any atom is -0.508 e. The molecule has 50 heavy (non-hydrogen) atoms. The smallest absolute Gasteiger partial charge is 0.303 e. The van der Waals surface area contributed by atoms with Crippen molar-refractivity contribution < 1.29 is 82.6 Å². The molecule has 3 aromatic rings. The molecule has 0 saturated carbocycles. The molecule has 9 atom stereocenters. The molecule has 0 spiro atoms. The van der Waals surface area contributed by atoms with Crippen LogP contribution in [0.2, 0.25) is 0 Å². The van der Waals surface area contributed by atoms with Gasteiger partial charge in [-0.25, -0.2) is 0 Å². The Morgan fingerprint density at radius 1 is 0.800 bits per heavy atom. The summed E-state index contributed by atoms with van der Waals surface area (Å²) in [6.45, 7) is 2.23. The zero-order valence-corrected chi connectivity index (χ0v) is 26.7. The third kappa shape index (κ3) is 7.75. The molecule has 18 heteroatoms. The number of esters is 3. The third-order valence-electron chi connectivity index (χ3n) is 7.68. The van der Waals surface area contributed by atoms with Gasteiger partial charge >= 0.3 is 17.9 Å². The predicted molar refractivity (Wildman–Crippen MR) is 163 cm³/mol. The van der Waals surface area contributed by atoms with Crippen LogP contribution in [0.1, 0.15) is 20.8 Å². The number of hydrogen-bond donors (Lipinski definition) is 6. The second-order valence-corrected chi connectivity index (χ2v) is 11.4. The highest BCUT2D eigenvalue weighted by Crippen LogP contribution is 2.37. The van der Waals surface area contributed by atoms with Crippen molar-refractivity contribution in [2.24, 2.45) is 0 Å². The number of fused-ring (bicyclic) bond motifs is 1. The molecule has 2 fully saturated rings. The topological polar surface area (TPSA) is 267 Å². The number of rotatable bonds is 9. The van der Waals surface area contributed by atoms with Gasteiger partial charge in [0.15, 0.2) is 30.4 Å². The first kappa shape index (κ1) is 36.3. The van der Waals surface area contributed by atoms with Gasteiger partial charge in [-0.2, -0.15) is 0 Å². The van der Waals surface area contributed by atoms with E-state index in [9.17, 15) is 49.8 Å². The van der Waals surface area contributed by atoms with Crippen LogP contribution >= 0.6 is 0 Å². The van der Waals surface area contributed by atoms with E-state index in [1.165, 1.54) is 24.3 Å². The first-order chi connectivity index (χ1) is 23.6. The van der Waals surface area contributed by atoms with Crippen LogP contribution < -0.4 is 10.2 Å². The summed E-state index contributed by atoms with van der Waals surface area (Å²) < 4.78 is 44.4. The van der Waals surface area contributed by atoms with Crippen molar-refractivity contribution in [3.8, 4) is 34.3 Å². The number of aromatic hydroxyl groups is 3. The Kier molecular flexibility index (Phi) is 10.8. The van der Waals surface area contributed by atoms with Crippen LogP contribution in [0.15, 0.2) is 45.6 Å². The summed E-state index contributed by atoms with van der Waals surface area (Å²) in [5, 5.41) is 62.2. The fourth-order valence-corrected chi connectivity index (χ4v) is 5.49. The highest BCUT2D eigenvalue weighted by atomic mass is 16.7. The normalized spacial score (nSPS) is 28.1. The van der Waals surface area contributed by atoms with Crippen molar-refractivity contribution in [2.45, 2.75) is 76.1 Å². The number of aliphatic hydroxyl groups excluding tert-OH is 3. The molecule has 0 radical (unpaired) electrons. The van der Waals surface area contributed by atoms with Gasteiger partial charge in [-0.1, -0.05) is 0 Å². The lowest BCUT2D eigenvalue weighted by molar-refractivity contribution is -0.310. The van der Waals surface area contributed by atoms with Gasteiger partial charge in [0.25, 0.3) is 0 Å². The van der Waals surface area contributed by atoms with Gasteiger partial charge in [0.2, 0.25) is 17.5 Å². The molecule has 0 bridgehead atoms. The fourth-order valence-electron chi connectivity index (χ4n) is 5.49. The van der Waals surface area contributed by atoms with E-state index in [2.05, 4.69) is 0 Å². The van der Waals surface area contributed by atoms with Crippen LogP contribution in [0.5, 0.6) is 23.0 Å². The second kappa shape index (κ2) is 14.9. The van der Waals surface area contributed by atoms with E-state index >= 15 is 0 Å². The van der Waals surface area contributed by atoms with E-state index in [-0.39, 0.29) is 29.3 Å². The average molecular weight is 707 g/mol. The third-order valence-corrected chi connectivity index (χ3v) is 7.68. The fraction of sp³-hybridized carbons (Fsp3) is 0.438. The van der Waals surface area contributed by atoms with Crippen LogP contribution in [0, 0.1) is 0 Å². The number of phenolic OH excluding ortho intramolecular Hbond substituents is 3. The Morgan fingerprint density at radius 3 is 2.08 bits per heavy atom. The quantitative estimate of drug-likeness (QED) is 0.126. The molecule has 18 nitrogen and oxygen atoms in total. The monoisotopic (exact) mass is 706 g/mol. The number of phenols is 3. The summed E-state index contributed by atoms with van der Waals surface area (Å²) in [5.41, 5.74) is -1.05. The van der Waals surface area contributed by atoms with Crippen molar-refractivity contribution in [1.29, 1.82) is 0 Å². The minimum absolute atomic E-state index is 0.125. The highest BCUT2D eigenvalue weighted by Gasteiger charge is 2.50. The lowest BCUT2D eigenvalue weighted by Crippen LogP contribution is -2.62. The van der Waals surface area contributed by atoms with Gasteiger partial charge in [0.1, 0.15) is 52.6 Å². The van der Waals surface area contributed by atoms with Crippen molar-refractivity contribution in [3.05, 3.63) is 46.6 Å². The van der Waals surface area contributed by atoms with E-state index in [0.717, 1.165) is 32.9 Å². The average Bonchev–Trinajstić information content (AvgIpc) is 3.03. The highest BCUT2D eigenvalue weighted by molar-refractivity contribution is 5.88. The van der Waals surface area contributed by atoms with E-state index in [1.54, 1.807) is 0 Å². The first-order valence-electron chi connectivity index (χ1n) is 15.1. The van der Waals surface area contributed by atoms with Gasteiger partial charge < -0.3 is 68.2 Å². The number of carbonyl (C=O) groups excluding carboxylic acids is 3. The molecule has 0 amide bonds. The molecule has 5 rings (SSSR count). The summed E-state index contributed by atoms with van der Waals surface area (Å²) in [4.78, 5) is 49.2. The Balaban J connectivity index is 1.43. The molecule has 2 aromatic carbocycles.